The highest BCUT2D eigenvalue weighted by Gasteiger charge is 1.99. The van der Waals surface area contributed by atoms with Gasteiger partial charge in [0.15, 0.2) is 0 Å². The Morgan fingerprint density at radius 3 is 2.83 bits per heavy atom. The maximum absolute atomic E-state index is 5.19. The Balaban J connectivity index is 3.10. The minimum Gasteiger partial charge on any atom is -0.496 e. The van der Waals surface area contributed by atoms with Crippen molar-refractivity contribution in [3.8, 4) is 5.75 Å². The minimum absolute atomic E-state index is 0.848. The molecule has 0 aromatic heterocycles. The summed E-state index contributed by atoms with van der Waals surface area (Å²) in [6.07, 6.45) is 1.79. The number of hydrogen-bond acceptors (Lipinski definition) is 1. The van der Waals surface area contributed by atoms with Crippen LogP contribution in [0.25, 0.3) is 6.08 Å². The number of rotatable bonds is 3. The highest BCUT2D eigenvalue weighted by molar-refractivity contribution is 9.08. The number of ether oxygens (including phenoxy) is 1. The fourth-order valence-corrected chi connectivity index (χ4v) is 1.36. The molecule has 1 nitrogen and oxygen atoms in total. The molecule has 0 saturated heterocycles. The van der Waals surface area contributed by atoms with Crippen LogP contribution in [0.5, 0.6) is 5.75 Å². The molecule has 0 atom stereocenters. The van der Waals surface area contributed by atoms with Gasteiger partial charge in [0, 0.05) is 10.9 Å². The molecule has 0 amide bonds. The topological polar surface area (TPSA) is 9.23 Å². The first-order chi connectivity index (χ1) is 5.81. The van der Waals surface area contributed by atoms with E-state index in [1.165, 1.54) is 5.56 Å². The summed E-state index contributed by atoms with van der Waals surface area (Å²) in [5.74, 6) is 0.877. The molecule has 0 N–H and O–H groups in total. The van der Waals surface area contributed by atoms with Gasteiger partial charge < -0.3 is 4.74 Å². The first kappa shape index (κ1) is 9.33. The Hall–Kier alpha value is -0.760. The van der Waals surface area contributed by atoms with Crippen molar-refractivity contribution in [2.75, 3.05) is 7.11 Å². The maximum atomic E-state index is 5.19. The Kier molecular flexibility index (Phi) is 3.35. The van der Waals surface area contributed by atoms with Crippen LogP contribution < -0.4 is 4.74 Å². The van der Waals surface area contributed by atoms with Gasteiger partial charge in [-0.2, -0.15) is 0 Å². The second-order valence-electron chi connectivity index (χ2n) is 2.41. The van der Waals surface area contributed by atoms with Crippen LogP contribution >= 0.6 is 15.9 Å². The summed E-state index contributed by atoms with van der Waals surface area (Å²) in [6, 6.07) is 6.06. The fourth-order valence-electron chi connectivity index (χ4n) is 1.01. The molecule has 0 spiro atoms. The van der Waals surface area contributed by atoms with Crippen molar-refractivity contribution < 1.29 is 4.74 Å². The molecular formula is C10H11BrO. The molecular weight excluding hydrogens is 216 g/mol. The third-order valence-corrected chi connectivity index (χ3v) is 2.32. The van der Waals surface area contributed by atoms with Gasteiger partial charge >= 0.3 is 0 Å². The molecule has 1 rings (SSSR count). The van der Waals surface area contributed by atoms with E-state index >= 15 is 0 Å². The van der Waals surface area contributed by atoms with Gasteiger partial charge in [-0.05, 0) is 11.6 Å². The first-order valence-electron chi connectivity index (χ1n) is 3.67. The van der Waals surface area contributed by atoms with Crippen LogP contribution in [0, 0.1) is 0 Å². The Morgan fingerprint density at radius 1 is 1.58 bits per heavy atom. The van der Waals surface area contributed by atoms with E-state index in [0.29, 0.717) is 0 Å². The largest absolute Gasteiger partial charge is 0.496 e. The van der Waals surface area contributed by atoms with E-state index in [0.717, 1.165) is 16.6 Å². The zero-order valence-electron chi connectivity index (χ0n) is 7.01. The lowest BCUT2D eigenvalue weighted by molar-refractivity contribution is 0.413. The molecule has 12 heavy (non-hydrogen) atoms. The summed E-state index contributed by atoms with van der Waals surface area (Å²) in [6.45, 7) is 3.70. The van der Waals surface area contributed by atoms with Gasteiger partial charge in [0.2, 0.25) is 0 Å². The summed E-state index contributed by atoms with van der Waals surface area (Å²) in [5, 5.41) is 0.848. The van der Waals surface area contributed by atoms with Gasteiger partial charge in [0.1, 0.15) is 5.75 Å². The van der Waals surface area contributed by atoms with Gasteiger partial charge in [-0.3, -0.25) is 0 Å². The Bertz CT molecular complexity index is 281. The van der Waals surface area contributed by atoms with Crippen molar-refractivity contribution in [2.45, 2.75) is 5.33 Å². The Labute approximate surface area is 81.2 Å². The van der Waals surface area contributed by atoms with Crippen LogP contribution in [0.2, 0.25) is 0 Å². The van der Waals surface area contributed by atoms with Gasteiger partial charge in [-0.25, -0.2) is 0 Å². The zero-order chi connectivity index (χ0) is 8.97. The SMILES string of the molecule is C=Cc1ccc(CBr)cc1OC. The van der Waals surface area contributed by atoms with Crippen LogP contribution in [-0.2, 0) is 5.33 Å². The first-order valence-corrected chi connectivity index (χ1v) is 4.79. The van der Waals surface area contributed by atoms with Crippen molar-refractivity contribution >= 4 is 22.0 Å². The quantitative estimate of drug-likeness (QED) is 0.720. The van der Waals surface area contributed by atoms with Crippen molar-refractivity contribution in [2.24, 2.45) is 0 Å². The zero-order valence-corrected chi connectivity index (χ0v) is 8.60. The number of hydrogen-bond donors (Lipinski definition) is 0. The second-order valence-corrected chi connectivity index (χ2v) is 2.97. The summed E-state index contributed by atoms with van der Waals surface area (Å²) in [4.78, 5) is 0. The van der Waals surface area contributed by atoms with Crippen LogP contribution in [-0.4, -0.2) is 7.11 Å². The van der Waals surface area contributed by atoms with E-state index in [9.17, 15) is 0 Å². The van der Waals surface area contributed by atoms with E-state index in [1.54, 1.807) is 13.2 Å². The smallest absolute Gasteiger partial charge is 0.126 e. The number of halogens is 1. The predicted molar refractivity (Wildman–Crippen MR) is 55.7 cm³/mol. The average Bonchev–Trinajstić information content (AvgIpc) is 2.16. The van der Waals surface area contributed by atoms with Crippen LogP contribution in [0.1, 0.15) is 11.1 Å². The molecule has 0 heterocycles. The molecule has 0 aliphatic carbocycles. The monoisotopic (exact) mass is 226 g/mol. The molecule has 1 aromatic carbocycles. The minimum atomic E-state index is 0.848. The van der Waals surface area contributed by atoms with Gasteiger partial charge in [-0.1, -0.05) is 40.7 Å². The third-order valence-electron chi connectivity index (χ3n) is 1.67. The second kappa shape index (κ2) is 4.31. The van der Waals surface area contributed by atoms with Gasteiger partial charge in [0.05, 0.1) is 7.11 Å². The lowest BCUT2D eigenvalue weighted by atomic mass is 10.1. The molecule has 1 aromatic rings. The van der Waals surface area contributed by atoms with Crippen molar-refractivity contribution in [1.82, 2.24) is 0 Å². The van der Waals surface area contributed by atoms with Gasteiger partial charge in [0.25, 0.3) is 0 Å². The van der Waals surface area contributed by atoms with E-state index in [4.69, 9.17) is 4.74 Å². The number of alkyl halides is 1. The molecule has 0 radical (unpaired) electrons. The van der Waals surface area contributed by atoms with Crippen molar-refractivity contribution in [1.29, 1.82) is 0 Å². The normalized spacial score (nSPS) is 9.50. The molecule has 0 unspecified atom stereocenters. The van der Waals surface area contributed by atoms with Crippen molar-refractivity contribution in [3.63, 3.8) is 0 Å². The number of benzene rings is 1. The lowest BCUT2D eigenvalue weighted by Crippen LogP contribution is -1.88. The molecule has 0 saturated carbocycles. The molecule has 0 bridgehead atoms. The summed E-state index contributed by atoms with van der Waals surface area (Å²) in [5.41, 5.74) is 2.24. The predicted octanol–water partition coefficient (Wildman–Crippen LogP) is 3.23. The molecule has 0 fully saturated rings. The van der Waals surface area contributed by atoms with Crippen molar-refractivity contribution in [3.05, 3.63) is 35.9 Å². The summed E-state index contributed by atoms with van der Waals surface area (Å²) >= 11 is 3.39. The summed E-state index contributed by atoms with van der Waals surface area (Å²) in [7, 11) is 1.67. The average molecular weight is 227 g/mol. The molecule has 2 heteroatoms. The highest BCUT2D eigenvalue weighted by Crippen LogP contribution is 2.22. The van der Waals surface area contributed by atoms with E-state index in [2.05, 4.69) is 22.5 Å². The van der Waals surface area contributed by atoms with E-state index < -0.39 is 0 Å². The van der Waals surface area contributed by atoms with Crippen LogP contribution in [0.4, 0.5) is 0 Å². The van der Waals surface area contributed by atoms with Crippen LogP contribution in [0.3, 0.4) is 0 Å². The van der Waals surface area contributed by atoms with E-state index in [1.807, 2.05) is 18.2 Å². The lowest BCUT2D eigenvalue weighted by Gasteiger charge is -2.05. The highest BCUT2D eigenvalue weighted by atomic mass is 79.9. The molecule has 64 valence electrons. The molecule has 0 aliphatic rings. The molecule has 0 aliphatic heterocycles. The standard InChI is InChI=1S/C10H11BrO/c1-3-9-5-4-8(7-11)6-10(9)12-2/h3-6H,1,7H2,2H3. The fraction of sp³-hybridized carbons (Fsp3) is 0.200. The number of methoxy groups -OCH3 is 1. The Morgan fingerprint density at radius 2 is 2.33 bits per heavy atom. The maximum Gasteiger partial charge on any atom is 0.126 e. The van der Waals surface area contributed by atoms with E-state index in [-0.39, 0.29) is 0 Å². The van der Waals surface area contributed by atoms with Gasteiger partial charge in [-0.15, -0.1) is 0 Å². The van der Waals surface area contributed by atoms with Crippen LogP contribution in [0.15, 0.2) is 24.8 Å². The third kappa shape index (κ3) is 1.89. The summed E-state index contributed by atoms with van der Waals surface area (Å²) < 4.78 is 5.19.